The molecule has 0 aromatic heterocycles. The minimum Gasteiger partial charge on any atom is -0.0885 e. The zero-order valence-electron chi connectivity index (χ0n) is 15.7. The molecule has 0 radical (unpaired) electrons. The Morgan fingerprint density at radius 2 is 1.00 bits per heavy atom. The Bertz CT molecular complexity index is 363. The lowest BCUT2D eigenvalue weighted by molar-refractivity contribution is 0.540. The summed E-state index contributed by atoms with van der Waals surface area (Å²) < 4.78 is 0. The summed E-state index contributed by atoms with van der Waals surface area (Å²) in [5.41, 5.74) is 0. The molecule has 0 spiro atoms. The lowest BCUT2D eigenvalue weighted by Crippen LogP contribution is -1.85. The van der Waals surface area contributed by atoms with E-state index in [1.807, 2.05) is 0 Å². The zero-order chi connectivity index (χ0) is 17.0. The fourth-order valence-electron chi connectivity index (χ4n) is 2.18. The molecule has 0 heteroatoms. The number of hydrogen-bond donors (Lipinski definition) is 0. The van der Waals surface area contributed by atoms with Gasteiger partial charge in [0.05, 0.1) is 0 Å². The van der Waals surface area contributed by atoms with Gasteiger partial charge in [-0.05, 0) is 50.9 Å². The molecule has 0 aromatic carbocycles. The van der Waals surface area contributed by atoms with Crippen molar-refractivity contribution in [3.8, 4) is 0 Å². The predicted octanol–water partition coefficient (Wildman–Crippen LogP) is 7.95. The van der Waals surface area contributed by atoms with Crippen molar-refractivity contribution in [3.05, 3.63) is 60.8 Å². The summed E-state index contributed by atoms with van der Waals surface area (Å²) in [5.74, 6) is 0.850. The molecule has 0 saturated heterocycles. The van der Waals surface area contributed by atoms with Gasteiger partial charge in [-0.1, -0.05) is 94.4 Å². The molecular weight excluding hydrogens is 276 g/mol. The van der Waals surface area contributed by atoms with E-state index >= 15 is 0 Å². The molecule has 0 amide bonds. The van der Waals surface area contributed by atoms with Gasteiger partial charge in [-0.15, -0.1) is 0 Å². The molecule has 0 fully saturated rings. The Morgan fingerprint density at radius 3 is 1.43 bits per heavy atom. The van der Waals surface area contributed by atoms with Crippen molar-refractivity contribution in [3.63, 3.8) is 0 Å². The van der Waals surface area contributed by atoms with E-state index in [1.54, 1.807) is 0 Å². The third-order valence-electron chi connectivity index (χ3n) is 3.56. The van der Waals surface area contributed by atoms with E-state index in [9.17, 15) is 0 Å². The van der Waals surface area contributed by atoms with Crippen molar-refractivity contribution < 1.29 is 0 Å². The topological polar surface area (TPSA) is 0 Å². The highest BCUT2D eigenvalue weighted by atomic mass is 14.0. The summed E-state index contributed by atoms with van der Waals surface area (Å²) in [6.45, 7) is 6.77. The van der Waals surface area contributed by atoms with Crippen molar-refractivity contribution >= 4 is 0 Å². The standard InChI is InChI=1S/C23H38/c1-4-5-6-7-8-9-10-11-12-13-14-15-16-17-18-19-20-21-22-23(2)3/h5-6,8-9,11-12,14-15,17-18,23H,4,7,10,13,16,19-22H2,1-3H3/b6-5-,9-8-,12-11-,15-14-,18-17-. The van der Waals surface area contributed by atoms with Crippen LogP contribution in [-0.2, 0) is 0 Å². The highest BCUT2D eigenvalue weighted by molar-refractivity contribution is 5.00. The van der Waals surface area contributed by atoms with Gasteiger partial charge in [-0.2, -0.15) is 0 Å². The molecule has 0 aliphatic heterocycles. The SMILES string of the molecule is CC/C=C\C/C=C\C/C=C\C/C=C\C/C=C\CCCCC(C)C. The number of hydrogen-bond acceptors (Lipinski definition) is 0. The number of rotatable bonds is 14. The summed E-state index contributed by atoms with van der Waals surface area (Å²) in [5, 5.41) is 0. The van der Waals surface area contributed by atoms with Gasteiger partial charge in [0.25, 0.3) is 0 Å². The van der Waals surface area contributed by atoms with Crippen molar-refractivity contribution in [1.82, 2.24) is 0 Å². The number of unbranched alkanes of at least 4 members (excludes halogenated alkanes) is 2. The Morgan fingerprint density at radius 1 is 0.565 bits per heavy atom. The first kappa shape index (κ1) is 21.7. The summed E-state index contributed by atoms with van der Waals surface area (Å²) in [7, 11) is 0. The van der Waals surface area contributed by atoms with Gasteiger partial charge in [-0.3, -0.25) is 0 Å². The van der Waals surface area contributed by atoms with Crippen molar-refractivity contribution in [2.45, 2.75) is 78.6 Å². The predicted molar refractivity (Wildman–Crippen MR) is 108 cm³/mol. The maximum absolute atomic E-state index is 2.33. The molecule has 0 aliphatic carbocycles. The van der Waals surface area contributed by atoms with Crippen LogP contribution < -0.4 is 0 Å². The summed E-state index contributed by atoms with van der Waals surface area (Å²) in [4.78, 5) is 0. The van der Waals surface area contributed by atoms with Gasteiger partial charge in [0.15, 0.2) is 0 Å². The molecular formula is C23H38. The van der Waals surface area contributed by atoms with Gasteiger partial charge >= 0.3 is 0 Å². The highest BCUT2D eigenvalue weighted by Crippen LogP contribution is 2.08. The Balaban J connectivity index is 3.42. The van der Waals surface area contributed by atoms with E-state index in [0.29, 0.717) is 0 Å². The van der Waals surface area contributed by atoms with E-state index < -0.39 is 0 Å². The molecule has 0 aliphatic rings. The third kappa shape index (κ3) is 20.7. The van der Waals surface area contributed by atoms with Crippen LogP contribution in [0.5, 0.6) is 0 Å². The Labute approximate surface area is 145 Å². The van der Waals surface area contributed by atoms with Crippen LogP contribution in [-0.4, -0.2) is 0 Å². The Kier molecular flexibility index (Phi) is 17.7. The van der Waals surface area contributed by atoms with E-state index in [0.717, 1.165) is 38.0 Å². The largest absolute Gasteiger partial charge is 0.0885 e. The van der Waals surface area contributed by atoms with Gasteiger partial charge in [0.1, 0.15) is 0 Å². The first-order valence-electron chi connectivity index (χ1n) is 9.52. The van der Waals surface area contributed by atoms with Crippen LogP contribution in [0.4, 0.5) is 0 Å². The average molecular weight is 315 g/mol. The minimum absolute atomic E-state index is 0.850. The zero-order valence-corrected chi connectivity index (χ0v) is 15.7. The van der Waals surface area contributed by atoms with Crippen LogP contribution in [0.3, 0.4) is 0 Å². The van der Waals surface area contributed by atoms with Gasteiger partial charge < -0.3 is 0 Å². The van der Waals surface area contributed by atoms with E-state index in [2.05, 4.69) is 81.5 Å². The first-order chi connectivity index (χ1) is 11.3. The molecule has 0 rings (SSSR count). The second-order valence-corrected chi connectivity index (χ2v) is 6.39. The molecule has 0 unspecified atom stereocenters. The van der Waals surface area contributed by atoms with Gasteiger partial charge in [-0.25, -0.2) is 0 Å². The second kappa shape index (κ2) is 18.7. The number of allylic oxidation sites excluding steroid dienone is 10. The van der Waals surface area contributed by atoms with Crippen LogP contribution in [0.2, 0.25) is 0 Å². The molecule has 0 saturated carbocycles. The minimum atomic E-state index is 0.850. The highest BCUT2D eigenvalue weighted by Gasteiger charge is 1.91. The maximum atomic E-state index is 2.33. The smallest absolute Gasteiger partial charge is 0.0169 e. The molecule has 130 valence electrons. The first-order valence-corrected chi connectivity index (χ1v) is 9.52. The molecule has 0 nitrogen and oxygen atoms in total. The lowest BCUT2D eigenvalue weighted by Gasteiger charge is -2.01. The molecule has 23 heavy (non-hydrogen) atoms. The van der Waals surface area contributed by atoms with Crippen LogP contribution in [0.25, 0.3) is 0 Å². The van der Waals surface area contributed by atoms with E-state index in [4.69, 9.17) is 0 Å². The molecule has 0 atom stereocenters. The maximum Gasteiger partial charge on any atom is -0.0169 e. The van der Waals surface area contributed by atoms with Crippen molar-refractivity contribution in [2.75, 3.05) is 0 Å². The molecule has 0 N–H and O–H groups in total. The van der Waals surface area contributed by atoms with Crippen molar-refractivity contribution in [1.29, 1.82) is 0 Å². The van der Waals surface area contributed by atoms with Crippen LogP contribution in [0.1, 0.15) is 78.6 Å². The molecule has 0 heterocycles. The van der Waals surface area contributed by atoms with Gasteiger partial charge in [0, 0.05) is 0 Å². The van der Waals surface area contributed by atoms with Gasteiger partial charge in [0.2, 0.25) is 0 Å². The van der Waals surface area contributed by atoms with Crippen LogP contribution >= 0.6 is 0 Å². The summed E-state index contributed by atoms with van der Waals surface area (Å²) in [6, 6.07) is 0. The Hall–Kier alpha value is -1.30. The third-order valence-corrected chi connectivity index (χ3v) is 3.56. The summed E-state index contributed by atoms with van der Waals surface area (Å²) >= 11 is 0. The fourth-order valence-corrected chi connectivity index (χ4v) is 2.18. The van der Waals surface area contributed by atoms with Crippen molar-refractivity contribution in [2.24, 2.45) is 5.92 Å². The molecule has 0 bridgehead atoms. The normalized spacial score (nSPS) is 13.2. The second-order valence-electron chi connectivity index (χ2n) is 6.39. The van der Waals surface area contributed by atoms with Crippen LogP contribution in [0.15, 0.2) is 60.8 Å². The van der Waals surface area contributed by atoms with E-state index in [1.165, 1.54) is 25.7 Å². The van der Waals surface area contributed by atoms with E-state index in [-0.39, 0.29) is 0 Å². The summed E-state index contributed by atoms with van der Waals surface area (Å²) in [6.07, 6.45) is 33.2. The monoisotopic (exact) mass is 314 g/mol. The fraction of sp³-hybridized carbons (Fsp3) is 0.565. The lowest BCUT2D eigenvalue weighted by atomic mass is 10.1. The quantitative estimate of drug-likeness (QED) is 0.225. The average Bonchev–Trinajstić information content (AvgIpc) is 2.53. The van der Waals surface area contributed by atoms with Crippen LogP contribution in [0, 0.1) is 5.92 Å². The molecule has 0 aromatic rings.